The van der Waals surface area contributed by atoms with E-state index in [0.717, 1.165) is 62.6 Å². The van der Waals surface area contributed by atoms with Crippen molar-refractivity contribution in [3.8, 4) is 45.3 Å². The molecule has 0 fully saturated rings. The summed E-state index contributed by atoms with van der Waals surface area (Å²) in [6, 6.07) is 37.9. The first-order valence-electron chi connectivity index (χ1n) is 16.8. The molecule has 0 saturated heterocycles. The van der Waals surface area contributed by atoms with Crippen molar-refractivity contribution in [2.45, 2.75) is 19.8 Å². The fraction of sp³-hybridized carbons (Fsp3) is 0.0889. The summed E-state index contributed by atoms with van der Waals surface area (Å²) in [6.07, 6.45) is 16.3. The van der Waals surface area contributed by atoms with E-state index in [0.29, 0.717) is 23.4 Å². The standard InChI is InChI=1S/C45H35N3O/c1-3-4-5-6-8-13-31-19-22-32(23-20-31)37-26-27-40-41(38-16-11-12-17-39(38)49-40)42(37)45-47-43(33-14-9-7-10-15-33)46-44(48-45)36-25-24-34-28-30(2)18-21-35(34)29-36/h3-12,14-27,29-30H,1,13,28H2,2H3/b5-4-,8-6-. The maximum atomic E-state index is 6.40. The van der Waals surface area contributed by atoms with Gasteiger partial charge in [-0.2, -0.15) is 0 Å². The second-order valence-corrected chi connectivity index (χ2v) is 12.5. The molecule has 1 atom stereocenters. The molecule has 5 aromatic carbocycles. The largest absolute Gasteiger partial charge is 0.456 e. The minimum Gasteiger partial charge on any atom is -0.456 e. The van der Waals surface area contributed by atoms with E-state index in [1.54, 1.807) is 6.08 Å². The summed E-state index contributed by atoms with van der Waals surface area (Å²) in [5, 5.41) is 2.02. The van der Waals surface area contributed by atoms with Crippen molar-refractivity contribution < 1.29 is 4.42 Å². The van der Waals surface area contributed by atoms with Gasteiger partial charge in [0.05, 0.1) is 0 Å². The number of fused-ring (bicyclic) bond motifs is 4. The Bertz CT molecular complexity index is 2410. The lowest BCUT2D eigenvalue weighted by molar-refractivity contribution is 0.669. The van der Waals surface area contributed by atoms with Gasteiger partial charge in [-0.15, -0.1) is 0 Å². The Morgan fingerprint density at radius 3 is 2.31 bits per heavy atom. The highest BCUT2D eigenvalue weighted by Crippen LogP contribution is 2.42. The van der Waals surface area contributed by atoms with Crippen molar-refractivity contribution >= 4 is 28.0 Å². The predicted octanol–water partition coefficient (Wildman–Crippen LogP) is 11.5. The topological polar surface area (TPSA) is 51.8 Å². The van der Waals surface area contributed by atoms with Gasteiger partial charge >= 0.3 is 0 Å². The molecule has 1 aliphatic rings. The Balaban J connectivity index is 1.34. The van der Waals surface area contributed by atoms with Gasteiger partial charge in [-0.05, 0) is 70.8 Å². The van der Waals surface area contributed by atoms with Gasteiger partial charge in [-0.25, -0.2) is 15.0 Å². The monoisotopic (exact) mass is 633 g/mol. The van der Waals surface area contributed by atoms with Crippen LogP contribution >= 0.6 is 0 Å². The molecule has 0 N–H and O–H groups in total. The second kappa shape index (κ2) is 13.2. The van der Waals surface area contributed by atoms with Crippen LogP contribution in [0.1, 0.15) is 23.6 Å². The molecule has 0 saturated carbocycles. The number of benzene rings is 5. The average Bonchev–Trinajstić information content (AvgIpc) is 3.53. The maximum Gasteiger partial charge on any atom is 0.165 e. The van der Waals surface area contributed by atoms with E-state index in [1.807, 2.05) is 48.6 Å². The molecule has 7 aromatic rings. The fourth-order valence-corrected chi connectivity index (χ4v) is 6.63. The van der Waals surface area contributed by atoms with E-state index in [2.05, 4.69) is 111 Å². The van der Waals surface area contributed by atoms with Crippen LogP contribution in [0, 0.1) is 5.92 Å². The molecule has 2 aromatic heterocycles. The number of nitrogens with zero attached hydrogens (tertiary/aromatic N) is 3. The quantitative estimate of drug-likeness (QED) is 0.156. The molecule has 4 nitrogen and oxygen atoms in total. The SMILES string of the molecule is C=C/C=C\C=C/Cc1ccc(-c2ccc3oc4ccccc4c3c2-c2nc(-c3ccccc3)nc(-c3ccc4c(c3)C=CC(C)C4)n2)cc1. The van der Waals surface area contributed by atoms with Crippen molar-refractivity contribution in [2.24, 2.45) is 5.92 Å². The molecular weight excluding hydrogens is 599 g/mol. The van der Waals surface area contributed by atoms with Crippen LogP contribution in [-0.4, -0.2) is 15.0 Å². The first kappa shape index (κ1) is 30.2. The summed E-state index contributed by atoms with van der Waals surface area (Å²) in [7, 11) is 0. The number of furan rings is 1. The van der Waals surface area contributed by atoms with Crippen molar-refractivity contribution in [3.05, 3.63) is 169 Å². The van der Waals surface area contributed by atoms with Gasteiger partial charge in [0.1, 0.15) is 11.2 Å². The molecule has 0 aliphatic heterocycles. The number of hydrogen-bond donors (Lipinski definition) is 0. The van der Waals surface area contributed by atoms with Crippen molar-refractivity contribution in [3.63, 3.8) is 0 Å². The zero-order valence-corrected chi connectivity index (χ0v) is 27.4. The molecule has 49 heavy (non-hydrogen) atoms. The van der Waals surface area contributed by atoms with Gasteiger partial charge in [0, 0.05) is 27.5 Å². The Labute approximate surface area is 286 Å². The van der Waals surface area contributed by atoms with E-state index in [4.69, 9.17) is 19.4 Å². The second-order valence-electron chi connectivity index (χ2n) is 12.5. The Morgan fingerprint density at radius 2 is 1.47 bits per heavy atom. The minimum atomic E-state index is 0.528. The van der Waals surface area contributed by atoms with E-state index >= 15 is 0 Å². The Morgan fingerprint density at radius 1 is 0.714 bits per heavy atom. The zero-order valence-electron chi connectivity index (χ0n) is 27.4. The predicted molar refractivity (Wildman–Crippen MR) is 203 cm³/mol. The minimum absolute atomic E-state index is 0.528. The fourth-order valence-electron chi connectivity index (χ4n) is 6.63. The van der Waals surface area contributed by atoms with Crippen LogP contribution < -0.4 is 0 Å². The van der Waals surface area contributed by atoms with Gasteiger partial charge in [-0.1, -0.05) is 141 Å². The molecule has 0 radical (unpaired) electrons. The molecule has 0 amide bonds. The van der Waals surface area contributed by atoms with Crippen molar-refractivity contribution in [2.75, 3.05) is 0 Å². The van der Waals surface area contributed by atoms with Crippen molar-refractivity contribution in [1.82, 2.24) is 15.0 Å². The molecule has 8 rings (SSSR count). The van der Waals surface area contributed by atoms with E-state index in [9.17, 15) is 0 Å². The smallest absolute Gasteiger partial charge is 0.165 e. The molecule has 4 heteroatoms. The summed E-state index contributed by atoms with van der Waals surface area (Å²) in [4.78, 5) is 15.5. The first-order valence-corrected chi connectivity index (χ1v) is 16.8. The third kappa shape index (κ3) is 6.05. The third-order valence-electron chi connectivity index (χ3n) is 9.10. The summed E-state index contributed by atoms with van der Waals surface area (Å²) in [5.41, 5.74) is 10.4. The third-order valence-corrected chi connectivity index (χ3v) is 9.10. The molecule has 0 bridgehead atoms. The molecule has 2 heterocycles. The normalized spacial score (nSPS) is 14.3. The van der Waals surface area contributed by atoms with E-state index < -0.39 is 0 Å². The highest BCUT2D eigenvalue weighted by atomic mass is 16.3. The van der Waals surface area contributed by atoms with Crippen LogP contribution in [-0.2, 0) is 12.8 Å². The summed E-state index contributed by atoms with van der Waals surface area (Å²) >= 11 is 0. The molecular formula is C45H35N3O. The van der Waals surface area contributed by atoms with Crippen LogP contribution in [0.3, 0.4) is 0 Å². The summed E-state index contributed by atoms with van der Waals surface area (Å²) in [5.74, 6) is 2.41. The van der Waals surface area contributed by atoms with Crippen LogP contribution in [0.25, 0.3) is 73.3 Å². The molecule has 0 spiro atoms. The molecule has 236 valence electrons. The lowest BCUT2D eigenvalue weighted by atomic mass is 9.89. The van der Waals surface area contributed by atoms with E-state index in [-0.39, 0.29) is 0 Å². The average molecular weight is 634 g/mol. The van der Waals surface area contributed by atoms with E-state index in [1.165, 1.54) is 16.7 Å². The number of hydrogen-bond acceptors (Lipinski definition) is 4. The Hall–Kier alpha value is -6.13. The summed E-state index contributed by atoms with van der Waals surface area (Å²) < 4.78 is 6.40. The van der Waals surface area contributed by atoms with Gasteiger partial charge in [0.2, 0.25) is 0 Å². The van der Waals surface area contributed by atoms with Gasteiger partial charge in [-0.3, -0.25) is 0 Å². The number of allylic oxidation sites excluding steroid dienone is 6. The highest BCUT2D eigenvalue weighted by molar-refractivity contribution is 6.15. The zero-order chi connectivity index (χ0) is 33.2. The van der Waals surface area contributed by atoms with Crippen LogP contribution in [0.4, 0.5) is 0 Å². The van der Waals surface area contributed by atoms with Crippen molar-refractivity contribution in [1.29, 1.82) is 0 Å². The highest BCUT2D eigenvalue weighted by Gasteiger charge is 2.22. The number of aromatic nitrogens is 3. The number of rotatable bonds is 8. The maximum absolute atomic E-state index is 6.40. The van der Waals surface area contributed by atoms with Crippen LogP contribution in [0.5, 0.6) is 0 Å². The van der Waals surface area contributed by atoms with Gasteiger partial charge < -0.3 is 4.42 Å². The molecule has 1 unspecified atom stereocenters. The van der Waals surface area contributed by atoms with Gasteiger partial charge in [0.25, 0.3) is 0 Å². The lowest BCUT2D eigenvalue weighted by Gasteiger charge is -2.17. The Kier molecular flexibility index (Phi) is 8.12. The van der Waals surface area contributed by atoms with Crippen LogP contribution in [0.15, 0.2) is 157 Å². The van der Waals surface area contributed by atoms with Crippen LogP contribution in [0.2, 0.25) is 0 Å². The number of para-hydroxylation sites is 1. The van der Waals surface area contributed by atoms with Gasteiger partial charge in [0.15, 0.2) is 17.5 Å². The molecule has 1 aliphatic carbocycles. The summed E-state index contributed by atoms with van der Waals surface area (Å²) in [6.45, 7) is 5.99. The lowest BCUT2D eigenvalue weighted by Crippen LogP contribution is -2.05. The first-order chi connectivity index (χ1) is 24.1.